The highest BCUT2D eigenvalue weighted by Gasteiger charge is 2.05. The van der Waals surface area contributed by atoms with Gasteiger partial charge < -0.3 is 0 Å². The maximum Gasteiger partial charge on any atom is 0.221 e. The summed E-state index contributed by atoms with van der Waals surface area (Å²) < 4.78 is 0. The molecule has 0 aliphatic heterocycles. The predicted molar refractivity (Wildman–Crippen MR) is 66.3 cm³/mol. The molecule has 2 rings (SSSR count). The fourth-order valence-corrected chi connectivity index (χ4v) is 2.07. The zero-order valence-electron chi connectivity index (χ0n) is 8.67. The van der Waals surface area contributed by atoms with Crippen molar-refractivity contribution in [3.8, 4) is 0 Å². The van der Waals surface area contributed by atoms with E-state index in [0.29, 0.717) is 11.3 Å². The zero-order chi connectivity index (χ0) is 11.2. The molecule has 0 unspecified atom stereocenters. The molecule has 0 N–H and O–H groups in total. The zero-order valence-corrected chi connectivity index (χ0v) is 9.48. The van der Waals surface area contributed by atoms with Gasteiger partial charge in [-0.25, -0.2) is 0 Å². The fourth-order valence-electron chi connectivity index (χ4n) is 1.29. The quantitative estimate of drug-likeness (QED) is 0.809. The Morgan fingerprint density at radius 3 is 2.62 bits per heavy atom. The highest BCUT2D eigenvalue weighted by atomic mass is 32.2. The van der Waals surface area contributed by atoms with E-state index in [2.05, 4.69) is 4.98 Å². The van der Waals surface area contributed by atoms with Crippen LogP contribution in [-0.4, -0.2) is 10.1 Å². The molecule has 0 radical (unpaired) electrons. The average molecular weight is 229 g/mol. The normalized spacial score (nSPS) is 10.0. The third-order valence-electron chi connectivity index (χ3n) is 2.11. The molecule has 0 spiro atoms. The van der Waals surface area contributed by atoms with Crippen LogP contribution in [-0.2, 0) is 5.75 Å². The van der Waals surface area contributed by atoms with E-state index >= 15 is 0 Å². The third kappa shape index (κ3) is 2.94. The van der Waals surface area contributed by atoms with Crippen LogP contribution in [0.25, 0.3) is 0 Å². The predicted octanol–water partition coefficient (Wildman–Crippen LogP) is 3.16. The second-order valence-electron chi connectivity index (χ2n) is 3.30. The van der Waals surface area contributed by atoms with Crippen LogP contribution < -0.4 is 0 Å². The van der Waals surface area contributed by atoms with Gasteiger partial charge in [-0.1, -0.05) is 42.1 Å². The molecule has 0 aliphatic carbocycles. The number of hydrogen-bond donors (Lipinski definition) is 0. The minimum Gasteiger partial charge on any atom is -0.282 e. The van der Waals surface area contributed by atoms with Gasteiger partial charge in [0.25, 0.3) is 0 Å². The van der Waals surface area contributed by atoms with Gasteiger partial charge in [0, 0.05) is 23.7 Å². The number of pyridine rings is 1. The van der Waals surface area contributed by atoms with Crippen molar-refractivity contribution >= 4 is 16.9 Å². The molecule has 0 bridgehead atoms. The van der Waals surface area contributed by atoms with Gasteiger partial charge in [0.1, 0.15) is 0 Å². The fraction of sp³-hybridized carbons (Fsp3) is 0.0769. The molecule has 0 amide bonds. The topological polar surface area (TPSA) is 30.0 Å². The van der Waals surface area contributed by atoms with E-state index < -0.39 is 0 Å². The number of hydrogen-bond acceptors (Lipinski definition) is 3. The Labute approximate surface area is 98.7 Å². The Kier molecular flexibility index (Phi) is 3.72. The van der Waals surface area contributed by atoms with Crippen molar-refractivity contribution in [3.63, 3.8) is 0 Å². The number of aromatic nitrogens is 1. The summed E-state index contributed by atoms with van der Waals surface area (Å²) in [5.41, 5.74) is 1.81. The molecule has 0 atom stereocenters. The molecule has 0 saturated carbocycles. The van der Waals surface area contributed by atoms with Crippen LogP contribution in [0, 0.1) is 0 Å². The summed E-state index contributed by atoms with van der Waals surface area (Å²) in [6.45, 7) is 0. The SMILES string of the molecule is O=C(SCc1ccccc1)c1cccnc1. The van der Waals surface area contributed by atoms with Gasteiger partial charge in [-0.05, 0) is 17.7 Å². The number of carbonyl (C=O) groups excluding carboxylic acids is 1. The highest BCUT2D eigenvalue weighted by molar-refractivity contribution is 8.13. The van der Waals surface area contributed by atoms with Crippen LogP contribution in [0.3, 0.4) is 0 Å². The Morgan fingerprint density at radius 2 is 1.94 bits per heavy atom. The molecule has 2 aromatic rings. The van der Waals surface area contributed by atoms with Crippen molar-refractivity contribution in [2.45, 2.75) is 5.75 Å². The van der Waals surface area contributed by atoms with Crippen LogP contribution in [0.1, 0.15) is 15.9 Å². The first-order chi connectivity index (χ1) is 7.86. The number of carbonyl (C=O) groups is 1. The van der Waals surface area contributed by atoms with Crippen LogP contribution in [0.4, 0.5) is 0 Å². The summed E-state index contributed by atoms with van der Waals surface area (Å²) in [7, 11) is 0. The molecular weight excluding hydrogens is 218 g/mol. The first-order valence-electron chi connectivity index (χ1n) is 4.97. The lowest BCUT2D eigenvalue weighted by Crippen LogP contribution is -1.94. The monoisotopic (exact) mass is 229 g/mol. The lowest BCUT2D eigenvalue weighted by Gasteiger charge is -2.00. The van der Waals surface area contributed by atoms with Crippen molar-refractivity contribution in [1.29, 1.82) is 0 Å². The first-order valence-corrected chi connectivity index (χ1v) is 5.96. The maximum atomic E-state index is 11.7. The van der Waals surface area contributed by atoms with Crippen LogP contribution in [0.2, 0.25) is 0 Å². The van der Waals surface area contributed by atoms with E-state index in [1.54, 1.807) is 24.5 Å². The van der Waals surface area contributed by atoms with Gasteiger partial charge in [0.05, 0.1) is 0 Å². The number of nitrogens with zero attached hydrogens (tertiary/aromatic N) is 1. The van der Waals surface area contributed by atoms with E-state index in [-0.39, 0.29) is 5.12 Å². The van der Waals surface area contributed by atoms with Crippen molar-refractivity contribution in [2.24, 2.45) is 0 Å². The Hall–Kier alpha value is -1.61. The Bertz CT molecular complexity index is 456. The van der Waals surface area contributed by atoms with E-state index in [4.69, 9.17) is 0 Å². The molecule has 0 fully saturated rings. The summed E-state index contributed by atoms with van der Waals surface area (Å²) >= 11 is 1.30. The summed E-state index contributed by atoms with van der Waals surface area (Å²) in [5, 5.41) is 0.0666. The number of rotatable bonds is 3. The smallest absolute Gasteiger partial charge is 0.221 e. The van der Waals surface area contributed by atoms with Crippen molar-refractivity contribution in [3.05, 3.63) is 66.0 Å². The van der Waals surface area contributed by atoms with E-state index in [1.807, 2.05) is 30.3 Å². The van der Waals surface area contributed by atoms with Crippen molar-refractivity contribution < 1.29 is 4.79 Å². The molecule has 1 heterocycles. The second-order valence-corrected chi connectivity index (χ2v) is 4.25. The Morgan fingerprint density at radius 1 is 1.12 bits per heavy atom. The molecule has 16 heavy (non-hydrogen) atoms. The largest absolute Gasteiger partial charge is 0.282 e. The van der Waals surface area contributed by atoms with E-state index in [0.717, 1.165) is 5.56 Å². The summed E-state index contributed by atoms with van der Waals surface area (Å²) in [6.07, 6.45) is 3.26. The maximum absolute atomic E-state index is 11.7. The highest BCUT2D eigenvalue weighted by Crippen LogP contribution is 2.16. The molecular formula is C13H11NOS. The second kappa shape index (κ2) is 5.47. The van der Waals surface area contributed by atoms with Gasteiger partial charge in [0.2, 0.25) is 5.12 Å². The Balaban J connectivity index is 1.95. The molecule has 2 nitrogen and oxygen atoms in total. The average Bonchev–Trinajstić information content (AvgIpc) is 2.38. The van der Waals surface area contributed by atoms with Crippen LogP contribution in [0.5, 0.6) is 0 Å². The third-order valence-corrected chi connectivity index (χ3v) is 3.09. The lowest BCUT2D eigenvalue weighted by molar-refractivity contribution is 0.108. The number of thioether (sulfide) groups is 1. The van der Waals surface area contributed by atoms with Crippen molar-refractivity contribution in [1.82, 2.24) is 4.98 Å². The molecule has 80 valence electrons. The first kappa shape index (κ1) is 10.9. The minimum atomic E-state index is 0.0666. The van der Waals surface area contributed by atoms with E-state index in [9.17, 15) is 4.79 Å². The molecule has 1 aromatic heterocycles. The van der Waals surface area contributed by atoms with E-state index in [1.165, 1.54) is 11.8 Å². The van der Waals surface area contributed by atoms with Crippen LogP contribution in [0.15, 0.2) is 54.9 Å². The molecule has 3 heteroatoms. The molecule has 0 aliphatic rings. The van der Waals surface area contributed by atoms with Crippen LogP contribution >= 0.6 is 11.8 Å². The number of benzene rings is 1. The molecule has 0 saturated heterocycles. The van der Waals surface area contributed by atoms with Gasteiger partial charge >= 0.3 is 0 Å². The molecule has 1 aromatic carbocycles. The standard InChI is InChI=1S/C13H11NOS/c15-13(12-7-4-8-14-9-12)16-10-11-5-2-1-3-6-11/h1-9H,10H2. The summed E-state index contributed by atoms with van der Waals surface area (Å²) in [5.74, 6) is 0.703. The van der Waals surface area contributed by atoms with Crippen molar-refractivity contribution in [2.75, 3.05) is 0 Å². The minimum absolute atomic E-state index is 0.0666. The lowest BCUT2D eigenvalue weighted by atomic mass is 10.2. The van der Waals surface area contributed by atoms with Gasteiger partial charge in [-0.15, -0.1) is 0 Å². The summed E-state index contributed by atoms with van der Waals surface area (Å²) in [4.78, 5) is 15.7. The summed E-state index contributed by atoms with van der Waals surface area (Å²) in [6, 6.07) is 13.5. The van der Waals surface area contributed by atoms with Gasteiger partial charge in [0.15, 0.2) is 0 Å². The van der Waals surface area contributed by atoms with Gasteiger partial charge in [-0.3, -0.25) is 9.78 Å². The van der Waals surface area contributed by atoms with Gasteiger partial charge in [-0.2, -0.15) is 0 Å².